The van der Waals surface area contributed by atoms with Gasteiger partial charge in [-0.2, -0.15) is 0 Å². The molecule has 1 aromatic rings. The summed E-state index contributed by atoms with van der Waals surface area (Å²) in [6.07, 6.45) is -2.04. The molecule has 0 fully saturated rings. The molecule has 0 saturated heterocycles. The molecule has 0 saturated carbocycles. The van der Waals surface area contributed by atoms with Crippen LogP contribution in [0.25, 0.3) is 0 Å². The lowest BCUT2D eigenvalue weighted by molar-refractivity contribution is -0.147. The van der Waals surface area contributed by atoms with E-state index in [0.29, 0.717) is 0 Å². The van der Waals surface area contributed by atoms with E-state index in [2.05, 4.69) is 15.4 Å². The number of methoxy groups -OCH3 is 1. The van der Waals surface area contributed by atoms with Gasteiger partial charge in [-0.3, -0.25) is 4.79 Å². The van der Waals surface area contributed by atoms with Crippen LogP contribution in [0.15, 0.2) is 30.3 Å². The van der Waals surface area contributed by atoms with E-state index in [1.807, 2.05) is 18.2 Å². The van der Waals surface area contributed by atoms with Gasteiger partial charge in [0.05, 0.1) is 13.2 Å². The van der Waals surface area contributed by atoms with E-state index in [-0.39, 0.29) is 12.5 Å². The van der Waals surface area contributed by atoms with Crippen LogP contribution in [0, 0.1) is 5.92 Å². The number of aliphatic hydroxyl groups excluding tert-OH is 1. The van der Waals surface area contributed by atoms with Crippen molar-refractivity contribution in [2.75, 3.05) is 7.11 Å². The van der Waals surface area contributed by atoms with E-state index in [1.54, 1.807) is 26.0 Å². The number of ether oxygens (including phenoxy) is 2. The molecule has 0 aromatic heterocycles. The normalized spacial score (nSPS) is 14.1. The van der Waals surface area contributed by atoms with Crippen molar-refractivity contribution < 1.29 is 29.0 Å². The molecule has 8 nitrogen and oxygen atoms in total. The highest BCUT2D eigenvalue weighted by Gasteiger charge is 2.31. The third-order valence-corrected chi connectivity index (χ3v) is 3.67. The number of nitrogens with one attached hydrogen (secondary N) is 2. The fourth-order valence-corrected chi connectivity index (χ4v) is 2.16. The number of esters is 1. The topological polar surface area (TPSA) is 114 Å². The molecule has 3 atom stereocenters. The van der Waals surface area contributed by atoms with Crippen LogP contribution >= 0.6 is 0 Å². The lowest BCUT2D eigenvalue weighted by Gasteiger charge is -2.25. The fourth-order valence-electron chi connectivity index (χ4n) is 2.16. The van der Waals surface area contributed by atoms with Crippen molar-refractivity contribution in [3.8, 4) is 0 Å². The SMILES string of the molecule is COC(=O)[C@@H](NC(=O)[C@@H](NC(=O)OCc1ccccc1)[C@@H](C)O)C(C)C. The third-order valence-electron chi connectivity index (χ3n) is 3.67. The summed E-state index contributed by atoms with van der Waals surface area (Å²) < 4.78 is 9.70. The van der Waals surface area contributed by atoms with E-state index in [1.165, 1.54) is 14.0 Å². The molecule has 0 bridgehead atoms. The zero-order valence-electron chi connectivity index (χ0n) is 15.4. The monoisotopic (exact) mass is 366 g/mol. The van der Waals surface area contributed by atoms with Crippen molar-refractivity contribution in [1.29, 1.82) is 0 Å². The zero-order chi connectivity index (χ0) is 19.7. The maximum absolute atomic E-state index is 12.4. The van der Waals surface area contributed by atoms with E-state index >= 15 is 0 Å². The van der Waals surface area contributed by atoms with Crippen molar-refractivity contribution in [3.05, 3.63) is 35.9 Å². The van der Waals surface area contributed by atoms with Gasteiger partial charge in [-0.25, -0.2) is 9.59 Å². The highest BCUT2D eigenvalue weighted by atomic mass is 16.5. The quantitative estimate of drug-likeness (QED) is 0.591. The Hall–Kier alpha value is -2.61. The second-order valence-electron chi connectivity index (χ2n) is 6.18. The Balaban J connectivity index is 2.67. The van der Waals surface area contributed by atoms with E-state index in [0.717, 1.165) is 5.56 Å². The highest BCUT2D eigenvalue weighted by molar-refractivity contribution is 5.90. The molecule has 144 valence electrons. The van der Waals surface area contributed by atoms with Crippen LogP contribution in [0.4, 0.5) is 4.79 Å². The van der Waals surface area contributed by atoms with Gasteiger partial charge in [0.2, 0.25) is 5.91 Å². The van der Waals surface area contributed by atoms with Crippen LogP contribution < -0.4 is 10.6 Å². The van der Waals surface area contributed by atoms with Gasteiger partial charge < -0.3 is 25.2 Å². The average Bonchev–Trinajstić information content (AvgIpc) is 2.61. The number of amides is 2. The molecular weight excluding hydrogens is 340 g/mol. The first kappa shape index (κ1) is 21.4. The largest absolute Gasteiger partial charge is 0.467 e. The molecule has 0 radical (unpaired) electrons. The number of hydrogen-bond donors (Lipinski definition) is 3. The Morgan fingerprint density at radius 2 is 1.65 bits per heavy atom. The van der Waals surface area contributed by atoms with Crippen LogP contribution in [0.1, 0.15) is 26.3 Å². The van der Waals surface area contributed by atoms with Crippen LogP contribution in [0.3, 0.4) is 0 Å². The summed E-state index contributed by atoms with van der Waals surface area (Å²) >= 11 is 0. The minimum Gasteiger partial charge on any atom is -0.467 e. The summed E-state index contributed by atoms with van der Waals surface area (Å²) in [5.41, 5.74) is 0.784. The molecule has 3 N–H and O–H groups in total. The Labute approximate surface area is 152 Å². The summed E-state index contributed by atoms with van der Waals surface area (Å²) in [4.78, 5) is 36.1. The standard InChI is InChI=1S/C18H26N2O6/c1-11(2)14(17(23)25-4)19-16(22)15(12(3)21)20-18(24)26-10-13-8-6-5-7-9-13/h5-9,11-12,14-15,21H,10H2,1-4H3,(H,19,22)(H,20,24)/t12-,14+,15+/m1/s1. The van der Waals surface area contributed by atoms with Gasteiger partial charge in [-0.1, -0.05) is 44.2 Å². The Morgan fingerprint density at radius 1 is 1.04 bits per heavy atom. The number of hydrogen-bond acceptors (Lipinski definition) is 6. The van der Waals surface area contributed by atoms with Crippen LogP contribution in [-0.4, -0.2) is 48.4 Å². The molecule has 0 aliphatic rings. The predicted molar refractivity (Wildman–Crippen MR) is 94.0 cm³/mol. The molecule has 0 aliphatic carbocycles. The lowest BCUT2D eigenvalue weighted by Crippen LogP contribution is -2.57. The summed E-state index contributed by atoms with van der Waals surface area (Å²) in [6.45, 7) is 4.85. The molecule has 8 heteroatoms. The Morgan fingerprint density at radius 3 is 2.15 bits per heavy atom. The van der Waals surface area contributed by atoms with Gasteiger partial charge in [-0.15, -0.1) is 0 Å². The van der Waals surface area contributed by atoms with Crippen molar-refractivity contribution >= 4 is 18.0 Å². The average molecular weight is 366 g/mol. The van der Waals surface area contributed by atoms with Crippen LogP contribution in [-0.2, 0) is 25.7 Å². The Bertz CT molecular complexity index is 603. The van der Waals surface area contributed by atoms with Gasteiger partial charge in [0.15, 0.2) is 0 Å². The number of rotatable bonds is 8. The van der Waals surface area contributed by atoms with E-state index in [4.69, 9.17) is 4.74 Å². The predicted octanol–water partition coefficient (Wildman–Crippen LogP) is 0.976. The van der Waals surface area contributed by atoms with Gasteiger partial charge in [0, 0.05) is 0 Å². The second kappa shape index (κ2) is 10.4. The molecule has 1 aromatic carbocycles. The number of aliphatic hydroxyl groups is 1. The molecular formula is C18H26N2O6. The van der Waals surface area contributed by atoms with E-state index < -0.39 is 36.2 Å². The minimum absolute atomic E-state index is 0.0254. The third kappa shape index (κ3) is 6.72. The van der Waals surface area contributed by atoms with Gasteiger partial charge >= 0.3 is 12.1 Å². The molecule has 0 aliphatic heterocycles. The molecule has 0 unspecified atom stereocenters. The highest BCUT2D eigenvalue weighted by Crippen LogP contribution is 2.06. The number of carbonyl (C=O) groups excluding carboxylic acids is 3. The molecule has 2 amide bonds. The molecule has 26 heavy (non-hydrogen) atoms. The van der Waals surface area contributed by atoms with E-state index in [9.17, 15) is 19.5 Å². The summed E-state index contributed by atoms with van der Waals surface area (Å²) in [5, 5.41) is 14.6. The van der Waals surface area contributed by atoms with Crippen LogP contribution in [0.2, 0.25) is 0 Å². The number of carbonyl (C=O) groups is 3. The first-order valence-corrected chi connectivity index (χ1v) is 8.29. The van der Waals surface area contributed by atoms with Crippen molar-refractivity contribution in [2.45, 2.75) is 45.6 Å². The molecule has 0 spiro atoms. The summed E-state index contributed by atoms with van der Waals surface area (Å²) in [6, 6.07) is 6.86. The summed E-state index contributed by atoms with van der Waals surface area (Å²) in [7, 11) is 1.22. The molecule has 0 heterocycles. The van der Waals surface area contributed by atoms with Crippen molar-refractivity contribution in [2.24, 2.45) is 5.92 Å². The number of alkyl carbamates (subject to hydrolysis) is 1. The smallest absolute Gasteiger partial charge is 0.408 e. The second-order valence-corrected chi connectivity index (χ2v) is 6.18. The lowest BCUT2D eigenvalue weighted by atomic mass is 10.0. The van der Waals surface area contributed by atoms with Gasteiger partial charge in [-0.05, 0) is 18.4 Å². The van der Waals surface area contributed by atoms with Crippen molar-refractivity contribution in [3.63, 3.8) is 0 Å². The fraction of sp³-hybridized carbons (Fsp3) is 0.500. The molecule has 1 rings (SSSR count). The van der Waals surface area contributed by atoms with Crippen LogP contribution in [0.5, 0.6) is 0 Å². The maximum Gasteiger partial charge on any atom is 0.408 e. The Kier molecular flexibility index (Phi) is 8.57. The first-order valence-electron chi connectivity index (χ1n) is 8.29. The minimum atomic E-state index is -1.27. The number of benzene rings is 1. The van der Waals surface area contributed by atoms with Gasteiger partial charge in [0.1, 0.15) is 18.7 Å². The van der Waals surface area contributed by atoms with Crippen molar-refractivity contribution in [1.82, 2.24) is 10.6 Å². The van der Waals surface area contributed by atoms with Gasteiger partial charge in [0.25, 0.3) is 0 Å². The first-order chi connectivity index (χ1) is 12.3. The maximum atomic E-state index is 12.4. The summed E-state index contributed by atoms with van der Waals surface area (Å²) in [5.74, 6) is -1.55. The zero-order valence-corrected chi connectivity index (χ0v) is 15.4.